The normalized spacial score (nSPS) is 13.4. The van der Waals surface area contributed by atoms with Crippen LogP contribution in [0.3, 0.4) is 0 Å². The molecule has 0 aliphatic rings. The summed E-state index contributed by atoms with van der Waals surface area (Å²) in [4.78, 5) is 22.3. The molecule has 9 heteroatoms. The third-order valence-corrected chi connectivity index (χ3v) is 2.91. The first kappa shape index (κ1) is 16.3. The number of carboxylic acids is 1. The van der Waals surface area contributed by atoms with E-state index in [0.29, 0.717) is 6.07 Å². The van der Waals surface area contributed by atoms with Gasteiger partial charge in [0.25, 0.3) is 0 Å². The van der Waals surface area contributed by atoms with Gasteiger partial charge in [-0.15, -0.1) is 0 Å². The number of carboxylic acid groups (broad SMARTS) is 1. The lowest BCUT2D eigenvalue weighted by molar-refractivity contribution is -0.141. The Hall–Kier alpha value is -1.74. The summed E-state index contributed by atoms with van der Waals surface area (Å²) in [6.45, 7) is 1.17. The Morgan fingerprint density at radius 1 is 1.35 bits per heavy atom. The number of carbonyl (C=O) groups excluding carboxylic acids is 1. The fourth-order valence-electron chi connectivity index (χ4n) is 1.34. The van der Waals surface area contributed by atoms with Crippen molar-refractivity contribution in [3.05, 3.63) is 28.2 Å². The number of aliphatic hydroxyl groups is 1. The van der Waals surface area contributed by atoms with Gasteiger partial charge in [-0.3, -0.25) is 0 Å². The number of anilines is 1. The minimum atomic E-state index is -1.56. The van der Waals surface area contributed by atoms with Gasteiger partial charge in [0.15, 0.2) is 11.9 Å². The van der Waals surface area contributed by atoms with E-state index in [0.717, 1.165) is 6.07 Å². The number of nitrogens with one attached hydrogen (secondary N) is 2. The van der Waals surface area contributed by atoms with Gasteiger partial charge in [0.1, 0.15) is 5.82 Å². The summed E-state index contributed by atoms with van der Waals surface area (Å²) in [5.41, 5.74) is -0.348. The van der Waals surface area contributed by atoms with Crippen LogP contribution in [0.4, 0.5) is 19.3 Å². The summed E-state index contributed by atoms with van der Waals surface area (Å²) in [7, 11) is 0. The van der Waals surface area contributed by atoms with Crippen LogP contribution in [0.15, 0.2) is 16.6 Å². The molecule has 0 aliphatic heterocycles. The SMILES string of the molecule is C[C@@H](O)[C@H](NC(=O)Nc1c(F)cc(F)cc1Br)C(=O)O. The summed E-state index contributed by atoms with van der Waals surface area (Å²) in [5, 5.41) is 21.9. The van der Waals surface area contributed by atoms with Crippen molar-refractivity contribution >= 4 is 33.6 Å². The zero-order valence-electron chi connectivity index (χ0n) is 10.2. The van der Waals surface area contributed by atoms with Gasteiger partial charge >= 0.3 is 12.0 Å². The molecule has 0 saturated heterocycles. The molecule has 0 fully saturated rings. The van der Waals surface area contributed by atoms with Gasteiger partial charge in [-0.05, 0) is 28.9 Å². The zero-order valence-corrected chi connectivity index (χ0v) is 11.7. The maximum Gasteiger partial charge on any atom is 0.328 e. The maximum atomic E-state index is 13.4. The molecular weight excluding hydrogens is 342 g/mol. The van der Waals surface area contributed by atoms with E-state index in [1.807, 2.05) is 10.6 Å². The number of carbonyl (C=O) groups is 2. The van der Waals surface area contributed by atoms with E-state index in [4.69, 9.17) is 5.11 Å². The summed E-state index contributed by atoms with van der Waals surface area (Å²) in [5.74, 6) is -3.32. The second kappa shape index (κ2) is 6.62. The summed E-state index contributed by atoms with van der Waals surface area (Å²) >= 11 is 2.86. The number of hydrogen-bond donors (Lipinski definition) is 4. The molecule has 0 bridgehead atoms. The van der Waals surface area contributed by atoms with E-state index in [2.05, 4.69) is 15.9 Å². The minimum absolute atomic E-state index is 0.0472. The molecule has 1 rings (SSSR count). The number of amides is 2. The van der Waals surface area contributed by atoms with Crippen molar-refractivity contribution in [1.29, 1.82) is 0 Å². The van der Waals surface area contributed by atoms with Gasteiger partial charge in [0.2, 0.25) is 0 Å². The summed E-state index contributed by atoms with van der Waals surface area (Å²) in [6.07, 6.45) is -1.35. The van der Waals surface area contributed by atoms with Gasteiger partial charge in [0.05, 0.1) is 11.8 Å². The van der Waals surface area contributed by atoms with Gasteiger partial charge in [-0.1, -0.05) is 0 Å². The molecule has 0 heterocycles. The fraction of sp³-hybridized carbons (Fsp3) is 0.273. The Labute approximate surface area is 120 Å². The van der Waals surface area contributed by atoms with Crippen LogP contribution in [-0.4, -0.2) is 34.4 Å². The average molecular weight is 353 g/mol. The van der Waals surface area contributed by atoms with Crippen molar-refractivity contribution < 1.29 is 28.6 Å². The number of urea groups is 1. The van der Waals surface area contributed by atoms with E-state index < -0.39 is 35.8 Å². The molecule has 2 atom stereocenters. The number of aliphatic carboxylic acids is 1. The molecule has 20 heavy (non-hydrogen) atoms. The van der Waals surface area contributed by atoms with Crippen molar-refractivity contribution in [2.75, 3.05) is 5.32 Å². The Morgan fingerprint density at radius 2 is 1.95 bits per heavy atom. The van der Waals surface area contributed by atoms with E-state index in [9.17, 15) is 23.5 Å². The highest BCUT2D eigenvalue weighted by Crippen LogP contribution is 2.26. The van der Waals surface area contributed by atoms with E-state index in [1.54, 1.807) is 0 Å². The van der Waals surface area contributed by atoms with Crippen LogP contribution in [0, 0.1) is 11.6 Å². The molecule has 0 radical (unpaired) electrons. The average Bonchev–Trinajstić information content (AvgIpc) is 2.29. The van der Waals surface area contributed by atoms with Crippen LogP contribution < -0.4 is 10.6 Å². The highest BCUT2D eigenvalue weighted by molar-refractivity contribution is 9.10. The van der Waals surface area contributed by atoms with Crippen LogP contribution in [0.25, 0.3) is 0 Å². The van der Waals surface area contributed by atoms with Gasteiger partial charge < -0.3 is 20.8 Å². The predicted molar refractivity (Wildman–Crippen MR) is 69.3 cm³/mol. The molecule has 0 unspecified atom stereocenters. The molecule has 6 nitrogen and oxygen atoms in total. The van der Waals surface area contributed by atoms with E-state index in [1.165, 1.54) is 6.92 Å². The second-order valence-electron chi connectivity index (χ2n) is 3.90. The molecular formula is C11H11BrF2N2O4. The summed E-state index contributed by atoms with van der Waals surface area (Å²) < 4.78 is 26.3. The molecule has 0 saturated carbocycles. The van der Waals surface area contributed by atoms with Crippen molar-refractivity contribution in [2.45, 2.75) is 19.1 Å². The molecule has 4 N–H and O–H groups in total. The smallest absolute Gasteiger partial charge is 0.328 e. The monoisotopic (exact) mass is 352 g/mol. The predicted octanol–water partition coefficient (Wildman–Crippen LogP) is 1.68. The molecule has 0 aliphatic carbocycles. The highest BCUT2D eigenvalue weighted by Gasteiger charge is 2.25. The number of benzene rings is 1. The first-order valence-corrected chi connectivity index (χ1v) is 6.14. The lowest BCUT2D eigenvalue weighted by Gasteiger charge is -2.18. The van der Waals surface area contributed by atoms with Crippen LogP contribution in [0.2, 0.25) is 0 Å². The first-order valence-electron chi connectivity index (χ1n) is 5.35. The Kier molecular flexibility index (Phi) is 5.40. The van der Waals surface area contributed by atoms with Gasteiger partial charge in [-0.2, -0.15) is 0 Å². The first-order chi connectivity index (χ1) is 9.22. The standard InChI is InChI=1S/C11H11BrF2N2O4/c1-4(17)8(10(18)19)15-11(20)16-9-6(12)2-5(13)3-7(9)14/h2-4,8,17H,1H3,(H,18,19)(H2,15,16,20)/t4-,8+/m1/s1. The highest BCUT2D eigenvalue weighted by atomic mass is 79.9. The quantitative estimate of drug-likeness (QED) is 0.662. The van der Waals surface area contributed by atoms with Crippen molar-refractivity contribution in [1.82, 2.24) is 5.32 Å². The van der Waals surface area contributed by atoms with Crippen LogP contribution in [0.5, 0.6) is 0 Å². The topological polar surface area (TPSA) is 98.7 Å². The molecule has 110 valence electrons. The third kappa shape index (κ3) is 4.14. The molecule has 1 aromatic carbocycles. The van der Waals surface area contributed by atoms with Crippen molar-refractivity contribution in [2.24, 2.45) is 0 Å². The number of hydrogen-bond acceptors (Lipinski definition) is 3. The van der Waals surface area contributed by atoms with Crippen LogP contribution in [0.1, 0.15) is 6.92 Å². The zero-order chi connectivity index (χ0) is 15.4. The lowest BCUT2D eigenvalue weighted by atomic mass is 10.2. The number of halogens is 3. The maximum absolute atomic E-state index is 13.4. The largest absolute Gasteiger partial charge is 0.480 e. The van der Waals surface area contributed by atoms with Crippen LogP contribution in [-0.2, 0) is 4.79 Å². The second-order valence-corrected chi connectivity index (χ2v) is 4.75. The van der Waals surface area contributed by atoms with Gasteiger partial charge in [0, 0.05) is 10.5 Å². The number of rotatable bonds is 4. The Morgan fingerprint density at radius 3 is 2.40 bits per heavy atom. The Bertz CT molecular complexity index is 516. The van der Waals surface area contributed by atoms with Crippen LogP contribution >= 0.6 is 15.9 Å². The molecule has 2 amide bonds. The van der Waals surface area contributed by atoms with Crippen molar-refractivity contribution in [3.8, 4) is 0 Å². The summed E-state index contributed by atoms with van der Waals surface area (Å²) in [6, 6.07) is -1.12. The lowest BCUT2D eigenvalue weighted by Crippen LogP contribution is -2.49. The van der Waals surface area contributed by atoms with E-state index in [-0.39, 0.29) is 10.2 Å². The van der Waals surface area contributed by atoms with Gasteiger partial charge in [-0.25, -0.2) is 18.4 Å². The fourth-order valence-corrected chi connectivity index (χ4v) is 1.85. The third-order valence-electron chi connectivity index (χ3n) is 2.28. The minimum Gasteiger partial charge on any atom is -0.480 e. The molecule has 0 aromatic heterocycles. The molecule has 1 aromatic rings. The van der Waals surface area contributed by atoms with Crippen molar-refractivity contribution in [3.63, 3.8) is 0 Å². The van der Waals surface area contributed by atoms with E-state index >= 15 is 0 Å². The Balaban J connectivity index is 2.84. The molecule has 0 spiro atoms. The number of aliphatic hydroxyl groups excluding tert-OH is 1.